The summed E-state index contributed by atoms with van der Waals surface area (Å²) in [5.74, 6) is 1.23. The van der Waals surface area contributed by atoms with E-state index in [9.17, 15) is 0 Å². The molecule has 1 fully saturated rings. The second-order valence-corrected chi connectivity index (χ2v) is 5.09. The maximum atomic E-state index is 4.45. The molecular weight excluding hydrogens is 216 g/mol. The van der Waals surface area contributed by atoms with Gasteiger partial charge in [-0.2, -0.15) is 0 Å². The van der Waals surface area contributed by atoms with E-state index in [1.807, 2.05) is 18.0 Å². The molecule has 0 saturated carbocycles. The summed E-state index contributed by atoms with van der Waals surface area (Å²) in [6.07, 6.45) is 3.30. The number of nitrogens with zero attached hydrogens (tertiary/aromatic N) is 2. The molecule has 82 valence electrons. The van der Waals surface area contributed by atoms with Crippen LogP contribution in [0.3, 0.4) is 0 Å². The Kier molecular flexibility index (Phi) is 2.70. The second kappa shape index (κ2) is 4.34. The van der Waals surface area contributed by atoms with E-state index in [0.717, 1.165) is 13.2 Å². The van der Waals surface area contributed by atoms with Crippen LogP contribution in [0.25, 0.3) is 5.57 Å². The van der Waals surface area contributed by atoms with E-state index in [1.54, 1.807) is 0 Å². The van der Waals surface area contributed by atoms with Gasteiger partial charge in [-0.3, -0.25) is 4.99 Å². The SMILES string of the molecule is C1=NCN2CCCSC2=C1c1ccccc1. The molecule has 2 heterocycles. The Balaban J connectivity index is 2.04. The fourth-order valence-electron chi connectivity index (χ4n) is 2.10. The molecule has 3 heteroatoms. The highest BCUT2D eigenvalue weighted by molar-refractivity contribution is 8.03. The predicted molar refractivity (Wildman–Crippen MR) is 70.5 cm³/mol. The van der Waals surface area contributed by atoms with Gasteiger partial charge in [-0.15, -0.1) is 11.8 Å². The van der Waals surface area contributed by atoms with Crippen molar-refractivity contribution in [3.8, 4) is 0 Å². The number of hydrogen-bond acceptors (Lipinski definition) is 3. The van der Waals surface area contributed by atoms with Gasteiger partial charge >= 0.3 is 0 Å². The lowest BCUT2D eigenvalue weighted by Gasteiger charge is -2.33. The molecule has 0 bridgehead atoms. The van der Waals surface area contributed by atoms with E-state index in [0.29, 0.717) is 0 Å². The van der Waals surface area contributed by atoms with Crippen molar-refractivity contribution in [1.29, 1.82) is 0 Å². The molecule has 0 spiro atoms. The second-order valence-electron chi connectivity index (χ2n) is 4.00. The van der Waals surface area contributed by atoms with E-state index in [4.69, 9.17) is 0 Å². The monoisotopic (exact) mass is 230 g/mol. The minimum atomic E-state index is 0.832. The number of hydrogen-bond donors (Lipinski definition) is 0. The van der Waals surface area contributed by atoms with Gasteiger partial charge < -0.3 is 4.90 Å². The lowest BCUT2D eigenvalue weighted by molar-refractivity contribution is 0.372. The summed E-state index contributed by atoms with van der Waals surface area (Å²) in [7, 11) is 0. The van der Waals surface area contributed by atoms with Crippen LogP contribution in [0.1, 0.15) is 12.0 Å². The maximum absolute atomic E-state index is 4.45. The van der Waals surface area contributed by atoms with Crippen molar-refractivity contribution >= 4 is 23.5 Å². The zero-order valence-corrected chi connectivity index (χ0v) is 9.91. The minimum Gasteiger partial charge on any atom is -0.346 e. The molecule has 3 rings (SSSR count). The smallest absolute Gasteiger partial charge is 0.110 e. The Labute approximate surface area is 100 Å². The van der Waals surface area contributed by atoms with Crippen molar-refractivity contribution in [2.45, 2.75) is 6.42 Å². The van der Waals surface area contributed by atoms with Gasteiger partial charge in [0.1, 0.15) is 6.67 Å². The van der Waals surface area contributed by atoms with Gasteiger partial charge in [0, 0.05) is 24.1 Å². The summed E-state index contributed by atoms with van der Waals surface area (Å²) in [6, 6.07) is 10.5. The predicted octanol–water partition coefficient (Wildman–Crippen LogP) is 2.84. The Morgan fingerprint density at radius 1 is 1.19 bits per heavy atom. The van der Waals surface area contributed by atoms with Crippen LogP contribution in [0.4, 0.5) is 0 Å². The summed E-state index contributed by atoms with van der Waals surface area (Å²) >= 11 is 1.96. The Morgan fingerprint density at radius 3 is 2.94 bits per heavy atom. The first-order chi connectivity index (χ1) is 7.95. The van der Waals surface area contributed by atoms with Crippen LogP contribution in [-0.2, 0) is 0 Å². The van der Waals surface area contributed by atoms with Gasteiger partial charge in [-0.25, -0.2) is 0 Å². The number of fused-ring (bicyclic) bond motifs is 1. The maximum Gasteiger partial charge on any atom is 0.110 e. The molecule has 0 radical (unpaired) electrons. The molecule has 0 unspecified atom stereocenters. The molecule has 0 atom stereocenters. The van der Waals surface area contributed by atoms with Gasteiger partial charge in [-0.05, 0) is 12.0 Å². The lowest BCUT2D eigenvalue weighted by atomic mass is 10.1. The first kappa shape index (κ1) is 9.97. The molecule has 1 saturated heterocycles. The van der Waals surface area contributed by atoms with Crippen molar-refractivity contribution in [2.24, 2.45) is 4.99 Å². The van der Waals surface area contributed by atoms with Crippen LogP contribution in [0.15, 0.2) is 40.4 Å². The third-order valence-corrected chi connectivity index (χ3v) is 4.13. The quantitative estimate of drug-likeness (QED) is 0.737. The number of aliphatic imine (C=N–C) groups is 1. The van der Waals surface area contributed by atoms with Crippen molar-refractivity contribution in [3.63, 3.8) is 0 Å². The molecular formula is C13H14N2S. The first-order valence-corrected chi connectivity index (χ1v) is 6.61. The highest BCUT2D eigenvalue weighted by atomic mass is 32.2. The molecule has 2 aliphatic heterocycles. The Morgan fingerprint density at radius 2 is 2.06 bits per heavy atom. The molecule has 2 nitrogen and oxygen atoms in total. The molecule has 1 aromatic carbocycles. The fourth-order valence-corrected chi connectivity index (χ4v) is 3.23. The van der Waals surface area contributed by atoms with E-state index >= 15 is 0 Å². The third-order valence-electron chi connectivity index (χ3n) is 2.89. The van der Waals surface area contributed by atoms with Gasteiger partial charge in [0.25, 0.3) is 0 Å². The van der Waals surface area contributed by atoms with Crippen molar-refractivity contribution in [1.82, 2.24) is 4.90 Å². The molecule has 1 aromatic rings. The normalized spacial score (nSPS) is 19.9. The molecule has 0 aliphatic carbocycles. The van der Waals surface area contributed by atoms with Gasteiger partial charge in [-0.1, -0.05) is 30.3 Å². The number of thioether (sulfide) groups is 1. The van der Waals surface area contributed by atoms with Crippen LogP contribution in [0.2, 0.25) is 0 Å². The van der Waals surface area contributed by atoms with Gasteiger partial charge in [0.15, 0.2) is 0 Å². The summed E-state index contributed by atoms with van der Waals surface area (Å²) < 4.78 is 0. The van der Waals surface area contributed by atoms with Crippen LogP contribution in [0, 0.1) is 0 Å². The van der Waals surface area contributed by atoms with Crippen molar-refractivity contribution in [2.75, 3.05) is 19.0 Å². The van der Waals surface area contributed by atoms with Gasteiger partial charge in [0.05, 0.1) is 5.03 Å². The third kappa shape index (κ3) is 1.76. The molecule has 0 amide bonds. The van der Waals surface area contributed by atoms with Crippen LogP contribution >= 0.6 is 11.8 Å². The molecule has 2 aliphatic rings. The zero-order valence-electron chi connectivity index (χ0n) is 9.10. The molecule has 0 N–H and O–H groups in total. The topological polar surface area (TPSA) is 15.6 Å². The number of rotatable bonds is 1. The molecule has 0 aromatic heterocycles. The van der Waals surface area contributed by atoms with E-state index in [2.05, 4.69) is 40.2 Å². The van der Waals surface area contributed by atoms with Crippen molar-refractivity contribution in [3.05, 3.63) is 40.9 Å². The summed E-state index contributed by atoms with van der Waals surface area (Å²) in [4.78, 5) is 6.83. The molecule has 16 heavy (non-hydrogen) atoms. The number of benzene rings is 1. The fraction of sp³-hybridized carbons (Fsp3) is 0.308. The minimum absolute atomic E-state index is 0.832. The Bertz CT molecular complexity index is 437. The average molecular weight is 230 g/mol. The van der Waals surface area contributed by atoms with Crippen LogP contribution in [0.5, 0.6) is 0 Å². The van der Waals surface area contributed by atoms with E-state index < -0.39 is 0 Å². The largest absolute Gasteiger partial charge is 0.346 e. The Hall–Kier alpha value is -1.22. The van der Waals surface area contributed by atoms with Crippen molar-refractivity contribution < 1.29 is 0 Å². The average Bonchev–Trinajstić information content (AvgIpc) is 2.39. The first-order valence-electron chi connectivity index (χ1n) is 5.62. The summed E-state index contributed by atoms with van der Waals surface area (Å²) in [5.41, 5.74) is 2.57. The van der Waals surface area contributed by atoms with Crippen LogP contribution < -0.4 is 0 Å². The highest BCUT2D eigenvalue weighted by Crippen LogP contribution is 2.34. The highest BCUT2D eigenvalue weighted by Gasteiger charge is 2.21. The van der Waals surface area contributed by atoms with E-state index in [-0.39, 0.29) is 0 Å². The van der Waals surface area contributed by atoms with E-state index in [1.165, 1.54) is 28.3 Å². The van der Waals surface area contributed by atoms with Gasteiger partial charge in [0.2, 0.25) is 0 Å². The summed E-state index contributed by atoms with van der Waals surface area (Å²) in [5, 5.41) is 1.41. The van der Waals surface area contributed by atoms with Crippen LogP contribution in [-0.4, -0.2) is 30.1 Å². The zero-order chi connectivity index (χ0) is 10.8. The summed E-state index contributed by atoms with van der Waals surface area (Å²) in [6.45, 7) is 1.98. The number of allylic oxidation sites excluding steroid dienone is 1. The lowest BCUT2D eigenvalue weighted by Crippen LogP contribution is -2.30. The standard InChI is InChI=1S/C13H14N2S/c1-2-5-11(6-3-1)12-9-14-10-15-7-4-8-16-13(12)15/h1-3,5-6,9H,4,7-8,10H2.